The summed E-state index contributed by atoms with van der Waals surface area (Å²) in [5.41, 5.74) is 0. The summed E-state index contributed by atoms with van der Waals surface area (Å²) in [7, 11) is -3.30. The molecule has 2 heterocycles. The molecule has 1 N–H and O–H groups in total. The van der Waals surface area contributed by atoms with E-state index < -0.39 is 10.0 Å². The molecule has 2 rings (SSSR count). The van der Waals surface area contributed by atoms with E-state index in [1.807, 2.05) is 20.8 Å². The van der Waals surface area contributed by atoms with E-state index in [0.717, 1.165) is 16.3 Å². The number of sulfonamides is 1. The first-order chi connectivity index (χ1) is 7.91. The van der Waals surface area contributed by atoms with Gasteiger partial charge in [0.15, 0.2) is 0 Å². The molecule has 1 saturated heterocycles. The number of nitrogens with one attached hydrogen (secondary N) is 1. The van der Waals surface area contributed by atoms with E-state index in [-0.39, 0.29) is 18.4 Å². The van der Waals surface area contributed by atoms with Crippen LogP contribution in [0.25, 0.3) is 0 Å². The van der Waals surface area contributed by atoms with Gasteiger partial charge in [-0.1, -0.05) is 0 Å². The number of halogens is 1. The number of hydrogen-bond acceptors (Lipinski definition) is 4. The third-order valence-corrected chi connectivity index (χ3v) is 6.03. The molecule has 1 atom stereocenters. The monoisotopic (exact) mass is 310 g/mol. The van der Waals surface area contributed by atoms with Crippen LogP contribution in [0.1, 0.15) is 16.7 Å². The second-order valence-electron chi connectivity index (χ2n) is 4.50. The Labute approximate surface area is 119 Å². The summed E-state index contributed by atoms with van der Waals surface area (Å²) in [5.74, 6) is 0. The standard InChI is InChI=1S/C11H18N2O2S2.ClH/c1-8-7-13(5-4-12-8)17(14,15)11-6-9(2)16-10(11)3;/h6,8,12H,4-5,7H2,1-3H3;1H/t8-;/m0./s1. The van der Waals surface area contributed by atoms with Gasteiger partial charge in [-0.3, -0.25) is 0 Å². The normalized spacial score (nSPS) is 21.6. The van der Waals surface area contributed by atoms with E-state index >= 15 is 0 Å². The van der Waals surface area contributed by atoms with Gasteiger partial charge in [-0.2, -0.15) is 4.31 Å². The molecule has 0 radical (unpaired) electrons. The number of piperazine rings is 1. The number of hydrogen-bond donors (Lipinski definition) is 1. The summed E-state index contributed by atoms with van der Waals surface area (Å²) < 4.78 is 26.5. The van der Waals surface area contributed by atoms with Gasteiger partial charge in [0.05, 0.1) is 4.90 Å². The van der Waals surface area contributed by atoms with Crippen LogP contribution in [0, 0.1) is 13.8 Å². The molecular weight excluding hydrogens is 292 g/mol. The molecule has 0 amide bonds. The highest BCUT2D eigenvalue weighted by Crippen LogP contribution is 2.28. The van der Waals surface area contributed by atoms with Crippen LogP contribution in [-0.4, -0.2) is 38.4 Å². The van der Waals surface area contributed by atoms with E-state index in [2.05, 4.69) is 5.32 Å². The van der Waals surface area contributed by atoms with Crippen LogP contribution in [-0.2, 0) is 10.0 Å². The first kappa shape index (κ1) is 15.9. The Morgan fingerprint density at radius 1 is 1.44 bits per heavy atom. The van der Waals surface area contributed by atoms with Crippen LogP contribution in [0.5, 0.6) is 0 Å². The Morgan fingerprint density at radius 2 is 2.11 bits per heavy atom. The van der Waals surface area contributed by atoms with Crippen LogP contribution in [0.2, 0.25) is 0 Å². The second-order valence-corrected chi connectivity index (χ2v) is 7.86. The molecule has 0 bridgehead atoms. The number of thiophene rings is 1. The van der Waals surface area contributed by atoms with Crippen molar-refractivity contribution in [1.29, 1.82) is 0 Å². The molecule has 0 aromatic carbocycles. The van der Waals surface area contributed by atoms with Crippen LogP contribution >= 0.6 is 23.7 Å². The lowest BCUT2D eigenvalue weighted by molar-refractivity contribution is 0.310. The maximum Gasteiger partial charge on any atom is 0.244 e. The molecule has 1 aromatic heterocycles. The molecule has 1 aliphatic heterocycles. The minimum absolute atomic E-state index is 0. The van der Waals surface area contributed by atoms with Crippen molar-refractivity contribution in [1.82, 2.24) is 9.62 Å². The Bertz CT molecular complexity index is 513. The quantitative estimate of drug-likeness (QED) is 0.905. The van der Waals surface area contributed by atoms with Gasteiger partial charge in [0.25, 0.3) is 0 Å². The molecule has 4 nitrogen and oxygen atoms in total. The van der Waals surface area contributed by atoms with Crippen LogP contribution in [0.4, 0.5) is 0 Å². The van der Waals surface area contributed by atoms with Crippen molar-refractivity contribution in [2.24, 2.45) is 0 Å². The molecule has 0 spiro atoms. The molecule has 1 aliphatic rings. The third-order valence-electron chi connectivity index (χ3n) is 2.94. The van der Waals surface area contributed by atoms with Crippen molar-refractivity contribution < 1.29 is 8.42 Å². The number of aryl methyl sites for hydroxylation is 2. The van der Waals surface area contributed by atoms with Crippen LogP contribution in [0.3, 0.4) is 0 Å². The van der Waals surface area contributed by atoms with Gasteiger partial charge >= 0.3 is 0 Å². The van der Waals surface area contributed by atoms with Crippen molar-refractivity contribution in [2.45, 2.75) is 31.7 Å². The maximum atomic E-state index is 12.5. The van der Waals surface area contributed by atoms with Gasteiger partial charge in [0.1, 0.15) is 0 Å². The SMILES string of the molecule is Cc1cc(S(=O)(=O)N2CCN[C@@H](C)C2)c(C)s1.Cl. The molecular formula is C11H19ClN2O2S2. The lowest BCUT2D eigenvalue weighted by Gasteiger charge is -2.30. The van der Waals surface area contributed by atoms with E-state index in [9.17, 15) is 8.42 Å². The third kappa shape index (κ3) is 3.05. The minimum atomic E-state index is -3.30. The minimum Gasteiger partial charge on any atom is -0.312 e. The summed E-state index contributed by atoms with van der Waals surface area (Å²) >= 11 is 1.54. The summed E-state index contributed by atoms with van der Waals surface area (Å²) in [6.45, 7) is 7.65. The highest BCUT2D eigenvalue weighted by Gasteiger charge is 2.30. The second kappa shape index (κ2) is 5.88. The van der Waals surface area contributed by atoms with Crippen molar-refractivity contribution in [3.05, 3.63) is 15.8 Å². The van der Waals surface area contributed by atoms with Crippen LogP contribution in [0.15, 0.2) is 11.0 Å². The predicted molar refractivity (Wildman–Crippen MR) is 77.3 cm³/mol. The van der Waals surface area contributed by atoms with Gasteiger partial charge < -0.3 is 5.32 Å². The fourth-order valence-electron chi connectivity index (χ4n) is 2.12. The first-order valence-electron chi connectivity index (χ1n) is 5.72. The molecule has 7 heteroatoms. The molecule has 0 saturated carbocycles. The Balaban J connectivity index is 0.00000162. The van der Waals surface area contributed by atoms with Crippen LogP contribution < -0.4 is 5.32 Å². The van der Waals surface area contributed by atoms with Gasteiger partial charge in [-0.25, -0.2) is 8.42 Å². The summed E-state index contributed by atoms with van der Waals surface area (Å²) in [6.07, 6.45) is 0. The first-order valence-corrected chi connectivity index (χ1v) is 7.97. The number of rotatable bonds is 2. The van der Waals surface area contributed by atoms with Gasteiger partial charge in [0.2, 0.25) is 10.0 Å². The van der Waals surface area contributed by atoms with E-state index in [1.54, 1.807) is 10.4 Å². The lowest BCUT2D eigenvalue weighted by Crippen LogP contribution is -2.51. The summed E-state index contributed by atoms with van der Waals surface area (Å²) in [6, 6.07) is 2.00. The molecule has 0 aliphatic carbocycles. The maximum absolute atomic E-state index is 12.5. The lowest BCUT2D eigenvalue weighted by atomic mass is 10.3. The molecule has 0 unspecified atom stereocenters. The summed E-state index contributed by atoms with van der Waals surface area (Å²) in [5, 5.41) is 3.25. The predicted octanol–water partition coefficient (Wildman–Crippen LogP) is 1.77. The van der Waals surface area contributed by atoms with E-state index in [1.165, 1.54) is 11.3 Å². The molecule has 18 heavy (non-hydrogen) atoms. The highest BCUT2D eigenvalue weighted by molar-refractivity contribution is 7.89. The zero-order valence-corrected chi connectivity index (χ0v) is 13.2. The Hall–Kier alpha value is -0.140. The average molecular weight is 311 g/mol. The number of nitrogens with zero attached hydrogens (tertiary/aromatic N) is 1. The topological polar surface area (TPSA) is 49.4 Å². The fourth-order valence-corrected chi connectivity index (χ4v) is 5.17. The van der Waals surface area contributed by atoms with Crippen molar-refractivity contribution >= 4 is 33.8 Å². The summed E-state index contributed by atoms with van der Waals surface area (Å²) in [4.78, 5) is 2.41. The molecule has 104 valence electrons. The average Bonchev–Trinajstić information content (AvgIpc) is 2.58. The fraction of sp³-hybridized carbons (Fsp3) is 0.636. The zero-order valence-electron chi connectivity index (χ0n) is 10.8. The van der Waals surface area contributed by atoms with Gasteiger partial charge in [0, 0.05) is 35.4 Å². The van der Waals surface area contributed by atoms with Crippen molar-refractivity contribution in [3.63, 3.8) is 0 Å². The Kier molecular flexibility index (Phi) is 5.20. The van der Waals surface area contributed by atoms with Crippen molar-refractivity contribution in [2.75, 3.05) is 19.6 Å². The smallest absolute Gasteiger partial charge is 0.244 e. The van der Waals surface area contributed by atoms with E-state index in [4.69, 9.17) is 0 Å². The molecule has 1 aromatic rings. The van der Waals surface area contributed by atoms with Gasteiger partial charge in [-0.15, -0.1) is 23.7 Å². The zero-order chi connectivity index (χ0) is 12.6. The van der Waals surface area contributed by atoms with E-state index in [0.29, 0.717) is 18.0 Å². The van der Waals surface area contributed by atoms with Crippen molar-refractivity contribution in [3.8, 4) is 0 Å². The van der Waals surface area contributed by atoms with Gasteiger partial charge in [-0.05, 0) is 26.8 Å². The highest BCUT2D eigenvalue weighted by atomic mass is 35.5. The molecule has 1 fully saturated rings. The Morgan fingerprint density at radius 3 is 2.61 bits per heavy atom. The largest absolute Gasteiger partial charge is 0.312 e.